The highest BCUT2D eigenvalue weighted by atomic mass is 16.5. The van der Waals surface area contributed by atoms with Crippen molar-refractivity contribution in [1.82, 2.24) is 0 Å². The van der Waals surface area contributed by atoms with Crippen LogP contribution in [0, 0.1) is 6.92 Å². The molecule has 1 aromatic carbocycles. The molecule has 0 heterocycles. The number of nitrogens with two attached hydrogens (primary N) is 1. The lowest BCUT2D eigenvalue weighted by atomic mass is 10.1. The van der Waals surface area contributed by atoms with E-state index in [1.165, 1.54) is 5.56 Å². The minimum atomic E-state index is 0.355. The van der Waals surface area contributed by atoms with Crippen LogP contribution < -0.4 is 15.8 Å². The minimum Gasteiger partial charge on any atom is -0.495 e. The normalized spacial score (nSPS) is 24.4. The van der Waals surface area contributed by atoms with Gasteiger partial charge in [0.25, 0.3) is 0 Å². The van der Waals surface area contributed by atoms with Gasteiger partial charge in [-0.3, -0.25) is 0 Å². The van der Waals surface area contributed by atoms with E-state index in [2.05, 4.69) is 24.4 Å². The largest absolute Gasteiger partial charge is 0.495 e. The van der Waals surface area contributed by atoms with E-state index in [0.717, 1.165) is 30.7 Å². The van der Waals surface area contributed by atoms with Crippen molar-refractivity contribution in [3.8, 4) is 5.75 Å². The third kappa shape index (κ3) is 2.47. The van der Waals surface area contributed by atoms with Gasteiger partial charge in [0.15, 0.2) is 0 Å². The van der Waals surface area contributed by atoms with Crippen molar-refractivity contribution in [1.29, 1.82) is 0 Å². The standard InChI is InChI=1S/C13H20N2O/c1-9-3-6-13(16-2)12(7-9)15-11-5-4-10(14)8-11/h3,6-7,10-11,15H,4-5,8,14H2,1-2H3. The smallest absolute Gasteiger partial charge is 0.141 e. The molecule has 16 heavy (non-hydrogen) atoms. The van der Waals surface area contributed by atoms with Crippen molar-refractivity contribution in [2.24, 2.45) is 5.73 Å². The monoisotopic (exact) mass is 220 g/mol. The second-order valence-electron chi connectivity index (χ2n) is 4.62. The fourth-order valence-electron chi connectivity index (χ4n) is 2.30. The average Bonchev–Trinajstić information content (AvgIpc) is 2.64. The Labute approximate surface area is 97.0 Å². The van der Waals surface area contributed by atoms with E-state index in [1.54, 1.807) is 7.11 Å². The van der Waals surface area contributed by atoms with Gasteiger partial charge in [-0.25, -0.2) is 0 Å². The van der Waals surface area contributed by atoms with Gasteiger partial charge >= 0.3 is 0 Å². The van der Waals surface area contributed by atoms with Gasteiger partial charge in [0.1, 0.15) is 5.75 Å². The Hall–Kier alpha value is -1.22. The number of ether oxygens (including phenoxy) is 1. The molecule has 1 aliphatic carbocycles. The summed E-state index contributed by atoms with van der Waals surface area (Å²) in [6, 6.07) is 7.04. The third-order valence-corrected chi connectivity index (χ3v) is 3.19. The van der Waals surface area contributed by atoms with E-state index in [0.29, 0.717) is 12.1 Å². The lowest BCUT2D eigenvalue weighted by Crippen LogP contribution is -2.21. The maximum absolute atomic E-state index is 5.91. The van der Waals surface area contributed by atoms with Crippen molar-refractivity contribution in [2.45, 2.75) is 38.3 Å². The van der Waals surface area contributed by atoms with E-state index in [-0.39, 0.29) is 0 Å². The SMILES string of the molecule is COc1ccc(C)cc1NC1CCC(N)C1. The molecule has 2 rings (SSSR count). The molecule has 0 radical (unpaired) electrons. The maximum atomic E-state index is 5.91. The Balaban J connectivity index is 2.10. The number of methoxy groups -OCH3 is 1. The molecule has 1 aromatic rings. The Morgan fingerprint density at radius 3 is 2.81 bits per heavy atom. The lowest BCUT2D eigenvalue weighted by Gasteiger charge is -2.17. The molecular weight excluding hydrogens is 200 g/mol. The molecule has 1 fully saturated rings. The Morgan fingerprint density at radius 2 is 2.19 bits per heavy atom. The molecule has 2 unspecified atom stereocenters. The molecule has 0 aromatic heterocycles. The summed E-state index contributed by atoms with van der Waals surface area (Å²) < 4.78 is 5.34. The van der Waals surface area contributed by atoms with E-state index < -0.39 is 0 Å². The zero-order chi connectivity index (χ0) is 11.5. The molecule has 2 atom stereocenters. The second kappa shape index (κ2) is 4.74. The van der Waals surface area contributed by atoms with Gasteiger partial charge in [-0.15, -0.1) is 0 Å². The zero-order valence-corrected chi connectivity index (χ0v) is 9.99. The molecule has 1 saturated carbocycles. The zero-order valence-electron chi connectivity index (χ0n) is 9.99. The van der Waals surface area contributed by atoms with Crippen LogP contribution in [0.25, 0.3) is 0 Å². The van der Waals surface area contributed by atoms with Crippen molar-refractivity contribution in [3.05, 3.63) is 23.8 Å². The van der Waals surface area contributed by atoms with E-state index >= 15 is 0 Å². The summed E-state index contributed by atoms with van der Waals surface area (Å²) in [5.74, 6) is 0.908. The van der Waals surface area contributed by atoms with E-state index in [9.17, 15) is 0 Å². The van der Waals surface area contributed by atoms with Crippen molar-refractivity contribution < 1.29 is 4.74 Å². The molecular formula is C13H20N2O. The third-order valence-electron chi connectivity index (χ3n) is 3.19. The first kappa shape index (κ1) is 11.3. The maximum Gasteiger partial charge on any atom is 0.141 e. The van der Waals surface area contributed by atoms with Crippen LogP contribution in [0.3, 0.4) is 0 Å². The average molecular weight is 220 g/mol. The molecule has 0 saturated heterocycles. The first-order valence-electron chi connectivity index (χ1n) is 5.86. The van der Waals surface area contributed by atoms with Crippen LogP contribution in [-0.4, -0.2) is 19.2 Å². The van der Waals surface area contributed by atoms with Gasteiger partial charge < -0.3 is 15.8 Å². The van der Waals surface area contributed by atoms with Gasteiger partial charge in [-0.2, -0.15) is 0 Å². The van der Waals surface area contributed by atoms with Crippen LogP contribution in [-0.2, 0) is 0 Å². The van der Waals surface area contributed by atoms with Crippen LogP contribution in [0.15, 0.2) is 18.2 Å². The summed E-state index contributed by atoms with van der Waals surface area (Å²) in [5.41, 5.74) is 8.23. The van der Waals surface area contributed by atoms with E-state index in [4.69, 9.17) is 10.5 Å². The number of nitrogens with one attached hydrogen (secondary N) is 1. The summed E-state index contributed by atoms with van der Waals surface area (Å²) in [6.45, 7) is 2.09. The van der Waals surface area contributed by atoms with Gasteiger partial charge in [0, 0.05) is 12.1 Å². The van der Waals surface area contributed by atoms with Crippen LogP contribution in [0.2, 0.25) is 0 Å². The molecule has 1 aliphatic rings. The number of hydrogen-bond acceptors (Lipinski definition) is 3. The first-order chi connectivity index (χ1) is 7.69. The molecule has 0 amide bonds. The van der Waals surface area contributed by atoms with Crippen LogP contribution >= 0.6 is 0 Å². The second-order valence-corrected chi connectivity index (χ2v) is 4.62. The number of benzene rings is 1. The number of anilines is 1. The molecule has 0 bridgehead atoms. The summed E-state index contributed by atoms with van der Waals surface area (Å²) in [4.78, 5) is 0. The summed E-state index contributed by atoms with van der Waals surface area (Å²) in [5, 5.41) is 3.53. The van der Waals surface area contributed by atoms with Gasteiger partial charge in [0.05, 0.1) is 12.8 Å². The van der Waals surface area contributed by atoms with Crippen molar-refractivity contribution in [3.63, 3.8) is 0 Å². The van der Waals surface area contributed by atoms with Gasteiger partial charge in [-0.05, 0) is 43.9 Å². The summed E-state index contributed by atoms with van der Waals surface area (Å²) in [7, 11) is 1.70. The molecule has 0 aliphatic heterocycles. The predicted octanol–water partition coefficient (Wildman–Crippen LogP) is 2.30. The fourth-order valence-corrected chi connectivity index (χ4v) is 2.30. The molecule has 3 heteroatoms. The van der Waals surface area contributed by atoms with Crippen LogP contribution in [0.4, 0.5) is 5.69 Å². The van der Waals surface area contributed by atoms with E-state index in [1.807, 2.05) is 6.07 Å². The van der Waals surface area contributed by atoms with Gasteiger partial charge in [0.2, 0.25) is 0 Å². The minimum absolute atomic E-state index is 0.355. The topological polar surface area (TPSA) is 47.3 Å². The molecule has 3 N–H and O–H groups in total. The predicted molar refractivity (Wildman–Crippen MR) is 67.0 cm³/mol. The van der Waals surface area contributed by atoms with Crippen molar-refractivity contribution in [2.75, 3.05) is 12.4 Å². The Morgan fingerprint density at radius 1 is 1.38 bits per heavy atom. The Bertz CT molecular complexity index is 365. The molecule has 88 valence electrons. The first-order valence-corrected chi connectivity index (χ1v) is 5.86. The quantitative estimate of drug-likeness (QED) is 0.821. The van der Waals surface area contributed by atoms with Gasteiger partial charge in [-0.1, -0.05) is 6.07 Å². The summed E-state index contributed by atoms with van der Waals surface area (Å²) in [6.07, 6.45) is 3.32. The fraction of sp³-hybridized carbons (Fsp3) is 0.538. The van der Waals surface area contributed by atoms with Crippen LogP contribution in [0.5, 0.6) is 5.75 Å². The lowest BCUT2D eigenvalue weighted by molar-refractivity contribution is 0.416. The summed E-state index contributed by atoms with van der Waals surface area (Å²) >= 11 is 0. The van der Waals surface area contributed by atoms with Crippen molar-refractivity contribution >= 4 is 5.69 Å². The highest BCUT2D eigenvalue weighted by molar-refractivity contribution is 5.58. The number of rotatable bonds is 3. The highest BCUT2D eigenvalue weighted by Gasteiger charge is 2.22. The Kier molecular flexibility index (Phi) is 3.34. The molecule has 0 spiro atoms. The molecule has 3 nitrogen and oxygen atoms in total. The van der Waals surface area contributed by atoms with Crippen LogP contribution in [0.1, 0.15) is 24.8 Å². The number of aryl methyl sites for hydroxylation is 1. The number of hydrogen-bond donors (Lipinski definition) is 2. The highest BCUT2D eigenvalue weighted by Crippen LogP contribution is 2.29.